The van der Waals surface area contributed by atoms with Gasteiger partial charge in [-0.3, -0.25) is 4.79 Å². The summed E-state index contributed by atoms with van der Waals surface area (Å²) in [6, 6.07) is 15.1. The van der Waals surface area contributed by atoms with Crippen LogP contribution in [0.1, 0.15) is 34.5 Å². The molecule has 3 N–H and O–H groups in total. The fourth-order valence-corrected chi connectivity index (χ4v) is 1.90. The lowest BCUT2D eigenvalue weighted by Gasteiger charge is -2.14. The number of carbonyl (C=O) groups excluding carboxylic acids is 1. The third-order valence-corrected chi connectivity index (χ3v) is 3.07. The summed E-state index contributed by atoms with van der Waals surface area (Å²) in [6.45, 7) is 4.01. The summed E-state index contributed by atoms with van der Waals surface area (Å²) >= 11 is 0. The van der Waals surface area contributed by atoms with Crippen molar-refractivity contribution in [3.63, 3.8) is 0 Å². The molecule has 98 valence electrons. The van der Waals surface area contributed by atoms with E-state index in [1.807, 2.05) is 38.1 Å². The Morgan fingerprint density at radius 1 is 1.16 bits per heavy atom. The monoisotopic (exact) mass is 254 g/mol. The molecule has 0 unspecified atom stereocenters. The number of nitrogen functional groups attached to an aromatic ring is 1. The van der Waals surface area contributed by atoms with Gasteiger partial charge in [-0.25, -0.2) is 0 Å². The zero-order valence-electron chi connectivity index (χ0n) is 11.2. The summed E-state index contributed by atoms with van der Waals surface area (Å²) in [6.07, 6.45) is 0. The predicted octanol–water partition coefficient (Wildman–Crippen LogP) is 3.07. The van der Waals surface area contributed by atoms with Crippen LogP contribution in [0.4, 0.5) is 5.69 Å². The van der Waals surface area contributed by atoms with Gasteiger partial charge in [0.2, 0.25) is 0 Å². The molecule has 0 fully saturated rings. The van der Waals surface area contributed by atoms with Gasteiger partial charge in [-0.05, 0) is 37.6 Å². The van der Waals surface area contributed by atoms with Crippen LogP contribution in [0.2, 0.25) is 0 Å². The van der Waals surface area contributed by atoms with E-state index in [-0.39, 0.29) is 11.9 Å². The van der Waals surface area contributed by atoms with Gasteiger partial charge in [0.05, 0.1) is 6.04 Å². The van der Waals surface area contributed by atoms with Crippen LogP contribution in [0.15, 0.2) is 48.5 Å². The number of nitrogens with two attached hydrogens (primary N) is 1. The molecule has 2 aromatic rings. The minimum atomic E-state index is -0.111. The molecule has 0 heterocycles. The minimum Gasteiger partial charge on any atom is -0.399 e. The van der Waals surface area contributed by atoms with Crippen LogP contribution >= 0.6 is 0 Å². The molecule has 2 rings (SSSR count). The highest BCUT2D eigenvalue weighted by atomic mass is 16.1. The standard InChI is InChI=1S/C16H18N2O/c1-11-6-8-13(9-7-11)12(2)18-16(19)14-4-3-5-15(17)10-14/h3-10,12H,17H2,1-2H3,(H,18,19)/t12-/m0/s1. The third kappa shape index (κ3) is 3.35. The van der Waals surface area contributed by atoms with Crippen LogP contribution in [-0.4, -0.2) is 5.91 Å². The van der Waals surface area contributed by atoms with E-state index in [0.717, 1.165) is 5.56 Å². The lowest BCUT2D eigenvalue weighted by Crippen LogP contribution is -2.26. The molecular weight excluding hydrogens is 236 g/mol. The lowest BCUT2D eigenvalue weighted by atomic mass is 10.1. The number of amides is 1. The molecule has 0 spiro atoms. The van der Waals surface area contributed by atoms with E-state index in [0.29, 0.717) is 11.3 Å². The normalized spacial score (nSPS) is 11.9. The second kappa shape index (κ2) is 5.57. The fraction of sp³-hybridized carbons (Fsp3) is 0.188. The third-order valence-electron chi connectivity index (χ3n) is 3.07. The van der Waals surface area contributed by atoms with E-state index in [1.54, 1.807) is 24.3 Å². The van der Waals surface area contributed by atoms with Crippen molar-refractivity contribution >= 4 is 11.6 Å². The number of anilines is 1. The lowest BCUT2D eigenvalue weighted by molar-refractivity contribution is 0.0940. The van der Waals surface area contributed by atoms with Gasteiger partial charge in [-0.2, -0.15) is 0 Å². The van der Waals surface area contributed by atoms with E-state index < -0.39 is 0 Å². The number of benzene rings is 2. The molecule has 0 aromatic heterocycles. The molecular formula is C16H18N2O. The van der Waals surface area contributed by atoms with Crippen molar-refractivity contribution < 1.29 is 4.79 Å². The van der Waals surface area contributed by atoms with Crippen LogP contribution in [0.5, 0.6) is 0 Å². The fourth-order valence-electron chi connectivity index (χ4n) is 1.90. The van der Waals surface area contributed by atoms with Gasteiger partial charge in [0.15, 0.2) is 0 Å². The van der Waals surface area contributed by atoms with Crippen molar-refractivity contribution in [2.45, 2.75) is 19.9 Å². The Morgan fingerprint density at radius 3 is 2.47 bits per heavy atom. The van der Waals surface area contributed by atoms with E-state index >= 15 is 0 Å². The van der Waals surface area contributed by atoms with Crippen molar-refractivity contribution in [2.24, 2.45) is 0 Å². The zero-order valence-corrected chi connectivity index (χ0v) is 11.2. The van der Waals surface area contributed by atoms with Crippen LogP contribution in [0.3, 0.4) is 0 Å². The Kier molecular flexibility index (Phi) is 3.85. The van der Waals surface area contributed by atoms with Crippen molar-refractivity contribution in [1.82, 2.24) is 5.32 Å². The second-order valence-electron chi connectivity index (χ2n) is 4.73. The summed E-state index contributed by atoms with van der Waals surface area (Å²) in [5.74, 6) is -0.111. The van der Waals surface area contributed by atoms with Gasteiger partial charge in [0.25, 0.3) is 5.91 Å². The number of hydrogen-bond donors (Lipinski definition) is 2. The Hall–Kier alpha value is -2.29. The van der Waals surface area contributed by atoms with Crippen molar-refractivity contribution in [3.05, 3.63) is 65.2 Å². The van der Waals surface area contributed by atoms with Gasteiger partial charge in [0.1, 0.15) is 0 Å². The highest BCUT2D eigenvalue weighted by Crippen LogP contribution is 2.14. The van der Waals surface area contributed by atoms with E-state index in [2.05, 4.69) is 5.32 Å². The average molecular weight is 254 g/mol. The molecule has 19 heavy (non-hydrogen) atoms. The van der Waals surface area contributed by atoms with E-state index in [1.165, 1.54) is 5.56 Å². The SMILES string of the molecule is Cc1ccc([C@H](C)NC(=O)c2cccc(N)c2)cc1. The maximum atomic E-state index is 12.1. The van der Waals surface area contributed by atoms with Gasteiger partial charge in [-0.15, -0.1) is 0 Å². The molecule has 3 nitrogen and oxygen atoms in total. The highest BCUT2D eigenvalue weighted by molar-refractivity contribution is 5.95. The van der Waals surface area contributed by atoms with Gasteiger partial charge < -0.3 is 11.1 Å². The first-order chi connectivity index (χ1) is 9.06. The van der Waals surface area contributed by atoms with Crippen molar-refractivity contribution in [1.29, 1.82) is 0 Å². The van der Waals surface area contributed by atoms with Crippen molar-refractivity contribution in [2.75, 3.05) is 5.73 Å². The Labute approximate surface area is 113 Å². The Morgan fingerprint density at radius 2 is 1.84 bits per heavy atom. The average Bonchev–Trinajstić information content (AvgIpc) is 2.39. The summed E-state index contributed by atoms with van der Waals surface area (Å²) < 4.78 is 0. The predicted molar refractivity (Wildman–Crippen MR) is 77.9 cm³/mol. The molecule has 0 aliphatic rings. The number of carbonyl (C=O) groups is 1. The van der Waals surface area contributed by atoms with Gasteiger partial charge in [0, 0.05) is 11.3 Å². The molecule has 0 radical (unpaired) electrons. The number of hydrogen-bond acceptors (Lipinski definition) is 2. The van der Waals surface area contributed by atoms with Crippen LogP contribution in [0.25, 0.3) is 0 Å². The number of rotatable bonds is 3. The molecule has 0 saturated carbocycles. The van der Waals surface area contributed by atoms with E-state index in [9.17, 15) is 4.79 Å². The molecule has 1 atom stereocenters. The molecule has 0 bridgehead atoms. The summed E-state index contributed by atoms with van der Waals surface area (Å²) in [5, 5.41) is 2.96. The maximum absolute atomic E-state index is 12.1. The summed E-state index contributed by atoms with van der Waals surface area (Å²) in [4.78, 5) is 12.1. The zero-order chi connectivity index (χ0) is 13.8. The molecule has 0 aliphatic heterocycles. The van der Waals surface area contributed by atoms with E-state index in [4.69, 9.17) is 5.73 Å². The maximum Gasteiger partial charge on any atom is 0.251 e. The second-order valence-corrected chi connectivity index (χ2v) is 4.73. The number of nitrogens with one attached hydrogen (secondary N) is 1. The Bertz CT molecular complexity index is 576. The van der Waals surface area contributed by atoms with Gasteiger partial charge >= 0.3 is 0 Å². The topological polar surface area (TPSA) is 55.1 Å². The molecule has 0 saturated heterocycles. The first-order valence-electron chi connectivity index (χ1n) is 6.29. The number of aryl methyl sites for hydroxylation is 1. The van der Waals surface area contributed by atoms with Crippen LogP contribution < -0.4 is 11.1 Å². The summed E-state index contributed by atoms with van der Waals surface area (Å²) in [5.41, 5.74) is 9.14. The highest BCUT2D eigenvalue weighted by Gasteiger charge is 2.11. The molecule has 1 amide bonds. The first kappa shape index (κ1) is 13.1. The minimum absolute atomic E-state index is 0.0328. The molecule has 2 aromatic carbocycles. The summed E-state index contributed by atoms with van der Waals surface area (Å²) in [7, 11) is 0. The molecule has 0 aliphatic carbocycles. The van der Waals surface area contributed by atoms with Crippen LogP contribution in [0, 0.1) is 6.92 Å². The first-order valence-corrected chi connectivity index (χ1v) is 6.29. The van der Waals surface area contributed by atoms with Crippen molar-refractivity contribution in [3.8, 4) is 0 Å². The quantitative estimate of drug-likeness (QED) is 0.827. The smallest absolute Gasteiger partial charge is 0.251 e. The molecule has 3 heteroatoms. The van der Waals surface area contributed by atoms with Crippen LogP contribution in [-0.2, 0) is 0 Å². The Balaban J connectivity index is 2.08. The van der Waals surface area contributed by atoms with Gasteiger partial charge in [-0.1, -0.05) is 35.9 Å². The largest absolute Gasteiger partial charge is 0.399 e.